The molecule has 0 amide bonds. The van der Waals surface area contributed by atoms with Gasteiger partial charge in [0.05, 0.1) is 11.8 Å². The van der Waals surface area contributed by atoms with Gasteiger partial charge in [-0.25, -0.2) is 8.42 Å². The molecule has 0 heterocycles. The van der Waals surface area contributed by atoms with Crippen LogP contribution in [0, 0.1) is 17.2 Å². The third-order valence-corrected chi connectivity index (χ3v) is 5.19. The molecule has 2 unspecified atom stereocenters. The van der Waals surface area contributed by atoms with Crippen LogP contribution in [-0.2, 0) is 9.84 Å². The van der Waals surface area contributed by atoms with Crippen molar-refractivity contribution >= 4 is 9.84 Å². The van der Waals surface area contributed by atoms with E-state index in [1.165, 1.54) is 6.26 Å². The molecule has 1 rings (SSSR count). The second-order valence-corrected chi connectivity index (χ2v) is 8.95. The predicted molar refractivity (Wildman–Crippen MR) is 85.8 cm³/mol. The highest BCUT2D eigenvalue weighted by Crippen LogP contribution is 2.38. The lowest BCUT2D eigenvalue weighted by atomic mass is 9.85. The number of nitrogens with zero attached hydrogens (tertiary/aromatic N) is 2. The maximum absolute atomic E-state index is 11.2. The highest BCUT2D eigenvalue weighted by Gasteiger charge is 2.43. The first-order chi connectivity index (χ1) is 9.68. The van der Waals surface area contributed by atoms with E-state index in [1.54, 1.807) is 0 Å². The van der Waals surface area contributed by atoms with Crippen LogP contribution in [0.3, 0.4) is 0 Å². The van der Waals surface area contributed by atoms with Gasteiger partial charge in [-0.3, -0.25) is 5.32 Å². The fraction of sp³-hybridized carbons (Fsp3) is 0.933. The van der Waals surface area contributed by atoms with Crippen LogP contribution in [0.1, 0.15) is 39.5 Å². The van der Waals surface area contributed by atoms with Crippen molar-refractivity contribution in [1.82, 2.24) is 10.2 Å². The monoisotopic (exact) mass is 315 g/mol. The molecule has 1 saturated carbocycles. The number of hydrogen-bond donors (Lipinski definition) is 1. The molecule has 0 aromatic heterocycles. The van der Waals surface area contributed by atoms with Crippen LogP contribution >= 0.6 is 0 Å². The molecule has 0 radical (unpaired) electrons. The Morgan fingerprint density at radius 3 is 2.62 bits per heavy atom. The Morgan fingerprint density at radius 2 is 2.10 bits per heavy atom. The number of sulfone groups is 1. The van der Waals surface area contributed by atoms with E-state index in [4.69, 9.17) is 0 Å². The van der Waals surface area contributed by atoms with Crippen molar-refractivity contribution in [3.05, 3.63) is 0 Å². The Balaban J connectivity index is 2.51. The van der Waals surface area contributed by atoms with E-state index in [0.29, 0.717) is 18.5 Å². The van der Waals surface area contributed by atoms with Crippen molar-refractivity contribution in [3.8, 4) is 6.07 Å². The minimum Gasteiger partial charge on any atom is -0.305 e. The first kappa shape index (κ1) is 18.4. The van der Waals surface area contributed by atoms with E-state index in [9.17, 15) is 13.7 Å². The Labute approximate surface area is 129 Å². The molecule has 0 bridgehead atoms. The predicted octanol–water partition coefficient (Wildman–Crippen LogP) is 1.41. The number of nitrogens with one attached hydrogen (secondary N) is 1. The lowest BCUT2D eigenvalue weighted by Crippen LogP contribution is -2.50. The first-order valence-electron chi connectivity index (χ1n) is 7.74. The Hall–Kier alpha value is -0.640. The summed E-state index contributed by atoms with van der Waals surface area (Å²) in [7, 11) is -0.958. The van der Waals surface area contributed by atoms with Crippen LogP contribution in [0.15, 0.2) is 0 Å². The molecule has 21 heavy (non-hydrogen) atoms. The summed E-state index contributed by atoms with van der Waals surface area (Å²) in [6.45, 7) is 5.55. The fourth-order valence-corrected chi connectivity index (χ4v) is 3.81. The van der Waals surface area contributed by atoms with Crippen molar-refractivity contribution in [2.75, 3.05) is 32.1 Å². The minimum atomic E-state index is -2.91. The van der Waals surface area contributed by atoms with E-state index in [0.717, 1.165) is 32.2 Å². The maximum atomic E-state index is 11.2. The van der Waals surface area contributed by atoms with Gasteiger partial charge in [0.15, 0.2) is 0 Å². The SMILES string of the molecule is CC(C)NC1(C#N)CCCC1CCN(C)CCS(C)(=O)=O. The van der Waals surface area contributed by atoms with Gasteiger partial charge in [-0.15, -0.1) is 0 Å². The summed E-state index contributed by atoms with van der Waals surface area (Å²) >= 11 is 0. The Bertz CT molecular complexity index is 470. The molecule has 1 aliphatic rings. The highest BCUT2D eigenvalue weighted by atomic mass is 32.2. The molecule has 0 aliphatic heterocycles. The maximum Gasteiger partial charge on any atom is 0.148 e. The molecule has 2 atom stereocenters. The summed E-state index contributed by atoms with van der Waals surface area (Å²) in [4.78, 5) is 2.05. The summed E-state index contributed by atoms with van der Waals surface area (Å²) in [5.41, 5.74) is -0.397. The molecular formula is C15H29N3O2S. The van der Waals surface area contributed by atoms with Crippen LogP contribution in [0.4, 0.5) is 0 Å². The minimum absolute atomic E-state index is 0.196. The fourth-order valence-electron chi connectivity index (χ4n) is 3.16. The van der Waals surface area contributed by atoms with E-state index < -0.39 is 15.4 Å². The van der Waals surface area contributed by atoms with Gasteiger partial charge in [-0.1, -0.05) is 6.42 Å². The van der Waals surface area contributed by atoms with E-state index in [2.05, 4.69) is 30.1 Å². The second kappa shape index (κ2) is 7.57. The zero-order valence-electron chi connectivity index (χ0n) is 13.7. The molecule has 0 aromatic rings. The van der Waals surface area contributed by atoms with Crippen LogP contribution in [0.2, 0.25) is 0 Å². The molecule has 122 valence electrons. The average Bonchev–Trinajstić information content (AvgIpc) is 2.75. The van der Waals surface area contributed by atoms with Crippen LogP contribution in [0.5, 0.6) is 0 Å². The number of rotatable bonds is 8. The summed E-state index contributed by atoms with van der Waals surface area (Å²) in [6.07, 6.45) is 5.29. The van der Waals surface area contributed by atoms with Gasteiger partial charge in [0.25, 0.3) is 0 Å². The summed E-state index contributed by atoms with van der Waals surface area (Å²) < 4.78 is 22.4. The summed E-state index contributed by atoms with van der Waals surface area (Å²) in [5, 5.41) is 13.1. The summed E-state index contributed by atoms with van der Waals surface area (Å²) in [6, 6.07) is 2.81. The number of nitriles is 1. The van der Waals surface area contributed by atoms with Gasteiger partial charge in [0.2, 0.25) is 0 Å². The summed E-state index contributed by atoms with van der Waals surface area (Å²) in [5.74, 6) is 0.549. The van der Waals surface area contributed by atoms with Gasteiger partial charge >= 0.3 is 0 Å². The average molecular weight is 315 g/mol. The smallest absolute Gasteiger partial charge is 0.148 e. The van der Waals surface area contributed by atoms with Gasteiger partial charge in [0.1, 0.15) is 15.4 Å². The normalized spacial score (nSPS) is 26.4. The van der Waals surface area contributed by atoms with Crippen molar-refractivity contribution < 1.29 is 8.42 Å². The molecule has 1 fully saturated rings. The van der Waals surface area contributed by atoms with E-state index in [-0.39, 0.29) is 5.75 Å². The van der Waals surface area contributed by atoms with Gasteiger partial charge in [0, 0.05) is 18.8 Å². The molecule has 1 aliphatic carbocycles. The molecule has 0 aromatic carbocycles. The standard InChI is InChI=1S/C15H29N3O2S/c1-13(2)17-15(12-16)8-5-6-14(15)7-9-18(3)10-11-21(4,19)20/h13-14,17H,5-11H2,1-4H3. The lowest BCUT2D eigenvalue weighted by Gasteiger charge is -2.33. The second-order valence-electron chi connectivity index (χ2n) is 6.69. The van der Waals surface area contributed by atoms with Gasteiger partial charge in [-0.2, -0.15) is 5.26 Å². The molecule has 0 saturated heterocycles. The third kappa shape index (κ3) is 5.93. The first-order valence-corrected chi connectivity index (χ1v) is 9.80. The van der Waals surface area contributed by atoms with Crippen LogP contribution in [0.25, 0.3) is 0 Å². The largest absolute Gasteiger partial charge is 0.305 e. The zero-order valence-corrected chi connectivity index (χ0v) is 14.5. The highest BCUT2D eigenvalue weighted by molar-refractivity contribution is 7.90. The van der Waals surface area contributed by atoms with E-state index >= 15 is 0 Å². The topological polar surface area (TPSA) is 73.2 Å². The van der Waals surface area contributed by atoms with Crippen molar-refractivity contribution in [2.45, 2.75) is 51.1 Å². The Kier molecular flexibility index (Phi) is 6.64. The van der Waals surface area contributed by atoms with Gasteiger partial charge in [-0.05, 0) is 52.6 Å². The van der Waals surface area contributed by atoms with Crippen molar-refractivity contribution in [1.29, 1.82) is 5.26 Å². The van der Waals surface area contributed by atoms with Crippen LogP contribution in [-0.4, -0.2) is 57.0 Å². The third-order valence-electron chi connectivity index (χ3n) is 4.27. The molecule has 1 N–H and O–H groups in total. The van der Waals surface area contributed by atoms with Crippen LogP contribution < -0.4 is 5.32 Å². The quantitative estimate of drug-likeness (QED) is 0.733. The molecule has 5 nitrogen and oxygen atoms in total. The molecular weight excluding hydrogens is 286 g/mol. The lowest BCUT2D eigenvalue weighted by molar-refractivity contribution is 0.244. The Morgan fingerprint density at radius 1 is 1.43 bits per heavy atom. The zero-order chi connectivity index (χ0) is 16.1. The van der Waals surface area contributed by atoms with E-state index in [1.807, 2.05) is 7.05 Å². The van der Waals surface area contributed by atoms with Crippen molar-refractivity contribution in [3.63, 3.8) is 0 Å². The van der Waals surface area contributed by atoms with Crippen molar-refractivity contribution in [2.24, 2.45) is 5.92 Å². The van der Waals surface area contributed by atoms with Gasteiger partial charge < -0.3 is 4.90 Å². The number of hydrogen-bond acceptors (Lipinski definition) is 5. The molecule has 6 heteroatoms. The molecule has 0 spiro atoms.